The third-order valence-corrected chi connectivity index (χ3v) is 3.15. The zero-order valence-electron chi connectivity index (χ0n) is 8.35. The van der Waals surface area contributed by atoms with E-state index < -0.39 is 0 Å². The Labute approximate surface area is 84.1 Å². The third-order valence-electron chi connectivity index (χ3n) is 3.15. The first-order chi connectivity index (χ1) is 6.66. The number of hydrogen-bond donors (Lipinski definition) is 2. The van der Waals surface area contributed by atoms with Gasteiger partial charge < -0.3 is 15.7 Å². The molecule has 2 rings (SSSR count). The van der Waals surface area contributed by atoms with Gasteiger partial charge in [-0.3, -0.25) is 4.79 Å². The van der Waals surface area contributed by atoms with Crippen molar-refractivity contribution >= 4 is 5.91 Å². The van der Waals surface area contributed by atoms with E-state index in [0.717, 1.165) is 0 Å². The molecule has 14 heavy (non-hydrogen) atoms. The van der Waals surface area contributed by atoms with E-state index in [1.54, 1.807) is 4.90 Å². The molecule has 1 saturated heterocycles. The Hall–Kier alpha value is -0.610. The van der Waals surface area contributed by atoms with Gasteiger partial charge in [0.1, 0.15) is 0 Å². The average Bonchev–Trinajstić information content (AvgIpc) is 2.89. The molecule has 1 aliphatic heterocycles. The van der Waals surface area contributed by atoms with Crippen molar-refractivity contribution in [3.63, 3.8) is 0 Å². The van der Waals surface area contributed by atoms with Crippen LogP contribution in [-0.4, -0.2) is 41.1 Å². The van der Waals surface area contributed by atoms with Gasteiger partial charge in [0, 0.05) is 25.6 Å². The molecule has 1 aliphatic carbocycles. The Kier molecular flexibility index (Phi) is 2.74. The lowest BCUT2D eigenvalue weighted by molar-refractivity contribution is -0.130. The van der Waals surface area contributed by atoms with Gasteiger partial charge in [-0.1, -0.05) is 0 Å². The van der Waals surface area contributed by atoms with Crippen molar-refractivity contribution in [2.24, 2.45) is 11.7 Å². The quantitative estimate of drug-likeness (QED) is 0.654. The first kappa shape index (κ1) is 9.93. The second-order valence-electron chi connectivity index (χ2n) is 4.49. The Balaban J connectivity index is 1.77. The van der Waals surface area contributed by atoms with Gasteiger partial charge in [0.05, 0.1) is 6.10 Å². The van der Waals surface area contributed by atoms with Crippen LogP contribution in [-0.2, 0) is 4.79 Å². The number of aliphatic hydroxyl groups excluding tert-OH is 1. The predicted molar refractivity (Wildman–Crippen MR) is 52.5 cm³/mol. The van der Waals surface area contributed by atoms with Gasteiger partial charge in [-0.05, 0) is 25.2 Å². The molecule has 0 aromatic carbocycles. The Morgan fingerprint density at radius 1 is 1.50 bits per heavy atom. The van der Waals surface area contributed by atoms with Crippen molar-refractivity contribution in [1.29, 1.82) is 0 Å². The van der Waals surface area contributed by atoms with Crippen LogP contribution in [0.25, 0.3) is 0 Å². The van der Waals surface area contributed by atoms with Gasteiger partial charge in [-0.2, -0.15) is 0 Å². The van der Waals surface area contributed by atoms with Crippen LogP contribution in [0, 0.1) is 5.92 Å². The molecule has 2 atom stereocenters. The molecule has 4 nitrogen and oxygen atoms in total. The standard InChI is InChI=1S/C10H18N2O2/c11-9(7-1-2-7)5-10(14)12-4-3-8(13)6-12/h7-9,13H,1-6,11H2/t8-,9?/m1/s1. The summed E-state index contributed by atoms with van der Waals surface area (Å²) in [5.74, 6) is 0.687. The van der Waals surface area contributed by atoms with Crippen molar-refractivity contribution in [1.82, 2.24) is 4.90 Å². The molecule has 2 fully saturated rings. The van der Waals surface area contributed by atoms with Crippen molar-refractivity contribution in [2.45, 2.75) is 37.8 Å². The van der Waals surface area contributed by atoms with Crippen LogP contribution in [0.1, 0.15) is 25.7 Å². The van der Waals surface area contributed by atoms with E-state index in [1.165, 1.54) is 12.8 Å². The van der Waals surface area contributed by atoms with Crippen molar-refractivity contribution in [3.8, 4) is 0 Å². The minimum absolute atomic E-state index is 0.0419. The van der Waals surface area contributed by atoms with Gasteiger partial charge in [0.2, 0.25) is 5.91 Å². The molecule has 0 spiro atoms. The molecule has 0 aromatic heterocycles. The highest BCUT2D eigenvalue weighted by atomic mass is 16.3. The molecule has 1 amide bonds. The van der Waals surface area contributed by atoms with Gasteiger partial charge in [0.15, 0.2) is 0 Å². The van der Waals surface area contributed by atoms with E-state index >= 15 is 0 Å². The highest BCUT2D eigenvalue weighted by molar-refractivity contribution is 5.77. The zero-order valence-corrected chi connectivity index (χ0v) is 8.35. The number of hydrogen-bond acceptors (Lipinski definition) is 3. The van der Waals surface area contributed by atoms with Gasteiger partial charge in [-0.15, -0.1) is 0 Å². The number of aliphatic hydroxyl groups is 1. The summed E-state index contributed by atoms with van der Waals surface area (Å²) in [5, 5.41) is 9.28. The van der Waals surface area contributed by atoms with Crippen LogP contribution in [0.15, 0.2) is 0 Å². The maximum atomic E-state index is 11.7. The number of nitrogens with two attached hydrogens (primary N) is 1. The normalized spacial score (nSPS) is 29.3. The fourth-order valence-electron chi connectivity index (χ4n) is 1.99. The predicted octanol–water partition coefficient (Wildman–Crippen LogP) is -0.293. The summed E-state index contributed by atoms with van der Waals surface area (Å²) in [4.78, 5) is 13.4. The van der Waals surface area contributed by atoms with Crippen LogP contribution in [0.2, 0.25) is 0 Å². The van der Waals surface area contributed by atoms with Crippen molar-refractivity contribution in [2.75, 3.05) is 13.1 Å². The van der Waals surface area contributed by atoms with Gasteiger partial charge >= 0.3 is 0 Å². The minimum atomic E-state index is -0.323. The van der Waals surface area contributed by atoms with Crippen LogP contribution in [0.4, 0.5) is 0 Å². The summed E-state index contributed by atoms with van der Waals surface area (Å²) in [6.07, 6.45) is 3.20. The minimum Gasteiger partial charge on any atom is -0.391 e. The highest BCUT2D eigenvalue weighted by Gasteiger charge is 2.32. The molecule has 1 unspecified atom stereocenters. The zero-order chi connectivity index (χ0) is 10.1. The Morgan fingerprint density at radius 2 is 2.21 bits per heavy atom. The molecule has 4 heteroatoms. The molecular weight excluding hydrogens is 180 g/mol. The monoisotopic (exact) mass is 198 g/mol. The lowest BCUT2D eigenvalue weighted by atomic mass is 10.1. The molecule has 0 aromatic rings. The summed E-state index contributed by atoms with van der Waals surface area (Å²) in [5.41, 5.74) is 5.87. The van der Waals surface area contributed by atoms with E-state index in [4.69, 9.17) is 5.73 Å². The van der Waals surface area contributed by atoms with E-state index in [2.05, 4.69) is 0 Å². The SMILES string of the molecule is NC(CC(=O)N1CC[C@@H](O)C1)C1CC1. The Bertz CT molecular complexity index is 228. The Morgan fingerprint density at radius 3 is 2.71 bits per heavy atom. The second-order valence-corrected chi connectivity index (χ2v) is 4.49. The highest BCUT2D eigenvalue weighted by Crippen LogP contribution is 2.33. The summed E-state index contributed by atoms with van der Waals surface area (Å²) < 4.78 is 0. The van der Waals surface area contributed by atoms with E-state index in [1.807, 2.05) is 0 Å². The fourth-order valence-corrected chi connectivity index (χ4v) is 1.99. The lowest BCUT2D eigenvalue weighted by Crippen LogP contribution is -2.35. The molecule has 80 valence electrons. The molecule has 1 heterocycles. The number of β-amino-alcohol motifs (C(OH)–C–C–N with tert-alkyl or cyclic N) is 1. The molecule has 2 aliphatic rings. The molecule has 0 radical (unpaired) electrons. The first-order valence-corrected chi connectivity index (χ1v) is 5.38. The number of likely N-dealkylation sites (tertiary alicyclic amines) is 1. The van der Waals surface area contributed by atoms with Crippen LogP contribution >= 0.6 is 0 Å². The van der Waals surface area contributed by atoms with Gasteiger partial charge in [0.25, 0.3) is 0 Å². The number of carbonyl (C=O) groups excluding carboxylic acids is 1. The summed E-state index contributed by atoms with van der Waals surface area (Å²) in [6, 6.07) is 0.0419. The molecular formula is C10H18N2O2. The van der Waals surface area contributed by atoms with Crippen molar-refractivity contribution < 1.29 is 9.90 Å². The summed E-state index contributed by atoms with van der Waals surface area (Å²) >= 11 is 0. The maximum Gasteiger partial charge on any atom is 0.224 e. The largest absolute Gasteiger partial charge is 0.391 e. The first-order valence-electron chi connectivity index (χ1n) is 5.38. The smallest absolute Gasteiger partial charge is 0.224 e. The van der Waals surface area contributed by atoms with Crippen LogP contribution in [0.5, 0.6) is 0 Å². The maximum absolute atomic E-state index is 11.7. The molecule has 3 N–H and O–H groups in total. The van der Waals surface area contributed by atoms with Crippen molar-refractivity contribution in [3.05, 3.63) is 0 Å². The number of carbonyl (C=O) groups is 1. The second kappa shape index (κ2) is 3.87. The molecule has 1 saturated carbocycles. The average molecular weight is 198 g/mol. The van der Waals surface area contributed by atoms with E-state index in [-0.39, 0.29) is 18.1 Å². The number of rotatable bonds is 3. The van der Waals surface area contributed by atoms with E-state index in [9.17, 15) is 9.90 Å². The van der Waals surface area contributed by atoms with E-state index in [0.29, 0.717) is 31.8 Å². The lowest BCUT2D eigenvalue weighted by Gasteiger charge is -2.18. The van der Waals surface area contributed by atoms with Gasteiger partial charge in [-0.25, -0.2) is 0 Å². The summed E-state index contributed by atoms with van der Waals surface area (Å²) in [6.45, 7) is 1.19. The molecule has 0 bridgehead atoms. The number of amides is 1. The van der Waals surface area contributed by atoms with Crippen LogP contribution in [0.3, 0.4) is 0 Å². The fraction of sp³-hybridized carbons (Fsp3) is 0.900. The number of nitrogens with zero attached hydrogens (tertiary/aromatic N) is 1. The summed E-state index contributed by atoms with van der Waals surface area (Å²) in [7, 11) is 0. The topological polar surface area (TPSA) is 66.6 Å². The third kappa shape index (κ3) is 2.25. The van der Waals surface area contributed by atoms with Crippen LogP contribution < -0.4 is 5.73 Å².